The molecule has 1 aliphatic rings. The third-order valence-electron chi connectivity index (χ3n) is 5.70. The van der Waals surface area contributed by atoms with Crippen LogP contribution in [0.2, 0.25) is 5.02 Å². The van der Waals surface area contributed by atoms with E-state index in [1.165, 1.54) is 12.1 Å². The van der Waals surface area contributed by atoms with Crippen molar-refractivity contribution < 1.29 is 15.0 Å². The van der Waals surface area contributed by atoms with Crippen LogP contribution in [0.5, 0.6) is 11.5 Å². The second-order valence-corrected chi connectivity index (χ2v) is 8.06. The maximum absolute atomic E-state index is 13.6. The third kappa shape index (κ3) is 3.49. The Bertz CT molecular complexity index is 1320. The highest BCUT2D eigenvalue weighted by atomic mass is 35.5. The van der Waals surface area contributed by atoms with Gasteiger partial charge in [0.05, 0.1) is 22.0 Å². The molecule has 0 unspecified atom stereocenters. The zero-order valence-electron chi connectivity index (χ0n) is 16.6. The van der Waals surface area contributed by atoms with Crippen LogP contribution < -0.4 is 4.90 Å². The number of nitrogens with zero attached hydrogens (tertiary/aromatic N) is 3. The summed E-state index contributed by atoms with van der Waals surface area (Å²) in [6.45, 7) is 2.45. The smallest absolute Gasteiger partial charge is 0.255 e. The number of halogens is 1. The summed E-state index contributed by atoms with van der Waals surface area (Å²) in [7, 11) is 0. The zero-order chi connectivity index (χ0) is 21.5. The lowest BCUT2D eigenvalue weighted by atomic mass is 10.00. The summed E-state index contributed by atoms with van der Waals surface area (Å²) in [5.41, 5.74) is 2.47. The van der Waals surface area contributed by atoms with Gasteiger partial charge in [0.2, 0.25) is 0 Å². The molecule has 3 aromatic carbocycles. The first-order valence-electron chi connectivity index (χ1n) is 10.1. The van der Waals surface area contributed by atoms with Gasteiger partial charge in [0.1, 0.15) is 11.5 Å². The molecule has 1 aromatic heterocycles. The number of phenols is 2. The largest absolute Gasteiger partial charge is 0.508 e. The summed E-state index contributed by atoms with van der Waals surface area (Å²) >= 11 is 6.12. The predicted molar refractivity (Wildman–Crippen MR) is 122 cm³/mol. The highest BCUT2D eigenvalue weighted by molar-refractivity contribution is 6.30. The van der Waals surface area contributed by atoms with Crippen LogP contribution in [0.4, 0.5) is 5.69 Å². The molecule has 7 heteroatoms. The maximum atomic E-state index is 13.6. The number of piperazine rings is 1. The van der Waals surface area contributed by atoms with Crippen LogP contribution in [-0.2, 0) is 0 Å². The molecule has 1 saturated heterocycles. The molecule has 0 spiro atoms. The number of amides is 1. The van der Waals surface area contributed by atoms with E-state index in [9.17, 15) is 15.0 Å². The van der Waals surface area contributed by atoms with E-state index < -0.39 is 0 Å². The van der Waals surface area contributed by atoms with Crippen LogP contribution in [0.1, 0.15) is 10.4 Å². The molecule has 0 atom stereocenters. The number of para-hydroxylation sites is 1. The van der Waals surface area contributed by atoms with Gasteiger partial charge in [-0.3, -0.25) is 4.79 Å². The van der Waals surface area contributed by atoms with Crippen molar-refractivity contribution in [2.45, 2.75) is 0 Å². The van der Waals surface area contributed by atoms with Crippen LogP contribution in [-0.4, -0.2) is 52.2 Å². The average molecular weight is 434 g/mol. The molecule has 156 valence electrons. The van der Waals surface area contributed by atoms with Crippen molar-refractivity contribution >= 4 is 45.0 Å². The minimum Gasteiger partial charge on any atom is -0.508 e. The Morgan fingerprint density at radius 2 is 1.68 bits per heavy atom. The molecule has 1 fully saturated rings. The fourth-order valence-corrected chi connectivity index (χ4v) is 4.39. The topological polar surface area (TPSA) is 76.9 Å². The molecule has 5 rings (SSSR count). The summed E-state index contributed by atoms with van der Waals surface area (Å²) in [4.78, 5) is 22.2. The van der Waals surface area contributed by atoms with Crippen molar-refractivity contribution in [1.29, 1.82) is 0 Å². The van der Waals surface area contributed by atoms with Gasteiger partial charge in [-0.2, -0.15) is 0 Å². The van der Waals surface area contributed by atoms with Crippen molar-refractivity contribution in [3.05, 3.63) is 71.2 Å². The number of hydrogen-bond acceptors (Lipinski definition) is 5. The Morgan fingerprint density at radius 3 is 2.45 bits per heavy atom. The molecule has 4 aromatic rings. The van der Waals surface area contributed by atoms with E-state index in [0.29, 0.717) is 58.6 Å². The lowest BCUT2D eigenvalue weighted by Crippen LogP contribution is -2.48. The van der Waals surface area contributed by atoms with Crippen LogP contribution >= 0.6 is 11.6 Å². The SMILES string of the molecule is O=C(c1c2ccccc2nc2cc(O)cc(O)c12)N1CCN(c2cccc(Cl)c2)CC1. The van der Waals surface area contributed by atoms with E-state index in [1.54, 1.807) is 4.90 Å². The van der Waals surface area contributed by atoms with E-state index in [0.717, 1.165) is 5.69 Å². The van der Waals surface area contributed by atoms with E-state index in [-0.39, 0.29) is 17.4 Å². The maximum Gasteiger partial charge on any atom is 0.255 e. The monoisotopic (exact) mass is 433 g/mol. The van der Waals surface area contributed by atoms with Crippen LogP contribution in [0.3, 0.4) is 0 Å². The lowest BCUT2D eigenvalue weighted by molar-refractivity contribution is 0.0750. The number of anilines is 1. The van der Waals surface area contributed by atoms with Gasteiger partial charge >= 0.3 is 0 Å². The summed E-state index contributed by atoms with van der Waals surface area (Å²) in [6, 6.07) is 17.8. The number of carbonyl (C=O) groups is 1. The molecule has 0 aliphatic carbocycles. The Morgan fingerprint density at radius 1 is 0.903 bits per heavy atom. The molecular weight excluding hydrogens is 414 g/mol. The quantitative estimate of drug-likeness (QED) is 0.458. The standard InChI is InChI=1S/C24H20ClN3O3/c25-15-4-3-5-16(12-15)27-8-10-28(11-9-27)24(31)22-18-6-1-2-7-19(18)26-20-13-17(29)14-21(30)23(20)22/h1-7,12-14,29-30H,8-11H2. The molecule has 0 radical (unpaired) electrons. The van der Waals surface area contributed by atoms with Crippen LogP contribution in [0.15, 0.2) is 60.7 Å². The van der Waals surface area contributed by atoms with Gasteiger partial charge in [-0.25, -0.2) is 4.98 Å². The highest BCUT2D eigenvalue weighted by Crippen LogP contribution is 2.36. The van der Waals surface area contributed by atoms with Gasteiger partial charge in [-0.05, 0) is 24.3 Å². The van der Waals surface area contributed by atoms with Gasteiger partial charge in [0.25, 0.3) is 5.91 Å². The highest BCUT2D eigenvalue weighted by Gasteiger charge is 2.27. The second kappa shape index (κ2) is 7.63. The van der Waals surface area contributed by atoms with Gasteiger partial charge < -0.3 is 20.0 Å². The van der Waals surface area contributed by atoms with Crippen molar-refractivity contribution in [1.82, 2.24) is 9.88 Å². The minimum absolute atomic E-state index is 0.0960. The molecule has 6 nitrogen and oxygen atoms in total. The summed E-state index contributed by atoms with van der Waals surface area (Å²) in [5, 5.41) is 22.2. The number of aromatic hydroxyl groups is 2. The second-order valence-electron chi connectivity index (χ2n) is 7.62. The average Bonchev–Trinajstić information content (AvgIpc) is 2.77. The van der Waals surface area contributed by atoms with E-state index in [2.05, 4.69) is 9.88 Å². The number of aromatic nitrogens is 1. The third-order valence-corrected chi connectivity index (χ3v) is 5.93. The molecule has 0 bridgehead atoms. The number of rotatable bonds is 2. The van der Waals surface area contributed by atoms with Gasteiger partial charge in [-0.15, -0.1) is 0 Å². The predicted octanol–water partition coefficient (Wildman–Crippen LogP) is 4.42. The summed E-state index contributed by atoms with van der Waals surface area (Å²) in [6.07, 6.45) is 0. The number of benzene rings is 3. The Hall–Kier alpha value is -3.51. The molecular formula is C24H20ClN3O3. The van der Waals surface area contributed by atoms with Crippen LogP contribution in [0.25, 0.3) is 21.8 Å². The van der Waals surface area contributed by atoms with E-state index in [1.807, 2.05) is 48.5 Å². The number of carbonyl (C=O) groups excluding carboxylic acids is 1. The van der Waals surface area contributed by atoms with Crippen molar-refractivity contribution in [2.24, 2.45) is 0 Å². The first-order chi connectivity index (χ1) is 15.0. The molecule has 1 aliphatic heterocycles. The molecule has 2 N–H and O–H groups in total. The summed E-state index contributed by atoms with van der Waals surface area (Å²) in [5.74, 6) is -0.411. The van der Waals surface area contributed by atoms with Crippen LogP contribution in [0, 0.1) is 0 Å². The molecule has 31 heavy (non-hydrogen) atoms. The first-order valence-corrected chi connectivity index (χ1v) is 10.4. The molecule has 0 saturated carbocycles. The van der Waals surface area contributed by atoms with Gasteiger partial charge in [0, 0.05) is 54.4 Å². The first kappa shape index (κ1) is 19.5. The van der Waals surface area contributed by atoms with E-state index >= 15 is 0 Å². The lowest BCUT2D eigenvalue weighted by Gasteiger charge is -2.36. The molecule has 1 amide bonds. The Balaban J connectivity index is 1.52. The Labute approximate surface area is 183 Å². The van der Waals surface area contributed by atoms with E-state index in [4.69, 9.17) is 11.6 Å². The van der Waals surface area contributed by atoms with Crippen molar-refractivity contribution in [3.8, 4) is 11.5 Å². The number of hydrogen-bond donors (Lipinski definition) is 2. The van der Waals surface area contributed by atoms with Crippen molar-refractivity contribution in [3.63, 3.8) is 0 Å². The number of pyridine rings is 1. The zero-order valence-corrected chi connectivity index (χ0v) is 17.4. The normalized spacial score (nSPS) is 14.4. The fraction of sp³-hybridized carbons (Fsp3) is 0.167. The minimum atomic E-state index is -0.158. The van der Waals surface area contributed by atoms with Gasteiger partial charge in [-0.1, -0.05) is 35.9 Å². The number of phenolic OH excluding ortho intramolecular Hbond substituents is 2. The fourth-order valence-electron chi connectivity index (χ4n) is 4.21. The van der Waals surface area contributed by atoms with Gasteiger partial charge in [0.15, 0.2) is 0 Å². The summed E-state index contributed by atoms with van der Waals surface area (Å²) < 4.78 is 0. The Kier molecular flexibility index (Phi) is 4.79. The van der Waals surface area contributed by atoms with Crippen molar-refractivity contribution in [2.75, 3.05) is 31.1 Å². The number of fused-ring (bicyclic) bond motifs is 2. The molecule has 2 heterocycles.